The molecule has 0 fully saturated rings. The molecule has 0 atom stereocenters. The van der Waals surface area contributed by atoms with Crippen molar-refractivity contribution in [3.8, 4) is 5.69 Å². The lowest BCUT2D eigenvalue weighted by atomic mass is 10.1. The van der Waals surface area contributed by atoms with E-state index in [1.54, 1.807) is 37.5 Å². The summed E-state index contributed by atoms with van der Waals surface area (Å²) < 4.78 is 69.8. The maximum absolute atomic E-state index is 13.5. The van der Waals surface area contributed by atoms with Crippen LogP contribution in [0.15, 0.2) is 90.1 Å². The maximum Gasteiger partial charge on any atom is 0.416 e. The zero-order valence-electron chi connectivity index (χ0n) is 20.6. The number of nitrogens with one attached hydrogen (secondary N) is 1. The van der Waals surface area contributed by atoms with Crippen molar-refractivity contribution in [3.63, 3.8) is 0 Å². The average molecular weight is 543 g/mol. The maximum atomic E-state index is 13.5. The molecule has 1 aromatic heterocycles. The van der Waals surface area contributed by atoms with Gasteiger partial charge in [-0.1, -0.05) is 42.0 Å². The summed E-state index contributed by atoms with van der Waals surface area (Å²) in [5, 5.41) is 2.70. The molecule has 0 spiro atoms. The van der Waals surface area contributed by atoms with Crippen LogP contribution in [0.4, 0.5) is 18.9 Å². The molecule has 4 aromatic rings. The van der Waals surface area contributed by atoms with Gasteiger partial charge in [0, 0.05) is 18.9 Å². The van der Waals surface area contributed by atoms with E-state index in [0.29, 0.717) is 4.31 Å². The molecule has 38 heavy (non-hydrogen) atoms. The number of alkyl halides is 3. The van der Waals surface area contributed by atoms with E-state index in [1.165, 1.54) is 18.2 Å². The first kappa shape index (κ1) is 26.9. The summed E-state index contributed by atoms with van der Waals surface area (Å²) in [5.74, 6) is 0.0546. The van der Waals surface area contributed by atoms with Crippen molar-refractivity contribution in [2.45, 2.75) is 31.5 Å². The Kier molecular flexibility index (Phi) is 7.58. The zero-order valence-corrected chi connectivity index (χ0v) is 21.4. The fourth-order valence-electron chi connectivity index (χ4n) is 3.90. The Morgan fingerprint density at radius 1 is 1.00 bits per heavy atom. The molecule has 1 amide bonds. The zero-order chi connectivity index (χ0) is 27.5. The number of sulfonamides is 1. The van der Waals surface area contributed by atoms with Gasteiger partial charge in [-0.25, -0.2) is 13.4 Å². The Balaban J connectivity index is 1.63. The molecular formula is C27H25F3N4O3S. The van der Waals surface area contributed by atoms with Gasteiger partial charge in [0.15, 0.2) is 0 Å². The SMILES string of the molecule is Cc1ccc(S(=O)(=O)N(CC(=O)NCc2ccccc2-n2ccnc2C)c2cccc(C(F)(F)F)c2)cc1. The third kappa shape index (κ3) is 5.88. The predicted octanol–water partition coefficient (Wildman–Crippen LogP) is 5.02. The molecule has 0 bridgehead atoms. The molecule has 11 heteroatoms. The van der Waals surface area contributed by atoms with Gasteiger partial charge in [-0.15, -0.1) is 0 Å². The number of aromatic nitrogens is 2. The second kappa shape index (κ2) is 10.7. The Hall–Kier alpha value is -4.12. The molecule has 198 valence electrons. The van der Waals surface area contributed by atoms with E-state index >= 15 is 0 Å². The molecule has 0 unspecified atom stereocenters. The monoisotopic (exact) mass is 542 g/mol. The van der Waals surface area contributed by atoms with Crippen LogP contribution in [0, 0.1) is 13.8 Å². The van der Waals surface area contributed by atoms with Gasteiger partial charge < -0.3 is 9.88 Å². The normalized spacial score (nSPS) is 11.8. The third-order valence-corrected chi connectivity index (χ3v) is 7.70. The lowest BCUT2D eigenvalue weighted by Gasteiger charge is -2.25. The average Bonchev–Trinajstić information content (AvgIpc) is 3.31. The lowest BCUT2D eigenvalue weighted by Crippen LogP contribution is -2.40. The fraction of sp³-hybridized carbons (Fsp3) is 0.185. The van der Waals surface area contributed by atoms with Crippen LogP contribution in [-0.4, -0.2) is 30.4 Å². The molecule has 4 rings (SSSR count). The van der Waals surface area contributed by atoms with Crippen LogP contribution in [0.5, 0.6) is 0 Å². The quantitative estimate of drug-likeness (QED) is 0.339. The van der Waals surface area contributed by atoms with Gasteiger partial charge in [0.2, 0.25) is 5.91 Å². The van der Waals surface area contributed by atoms with Crippen LogP contribution in [0.25, 0.3) is 5.69 Å². The van der Waals surface area contributed by atoms with Gasteiger partial charge in [0.25, 0.3) is 10.0 Å². The van der Waals surface area contributed by atoms with E-state index in [-0.39, 0.29) is 17.1 Å². The number of hydrogen-bond donors (Lipinski definition) is 1. The van der Waals surface area contributed by atoms with Gasteiger partial charge in [-0.3, -0.25) is 9.10 Å². The minimum absolute atomic E-state index is 0.0631. The lowest BCUT2D eigenvalue weighted by molar-refractivity contribution is -0.137. The molecule has 7 nitrogen and oxygen atoms in total. The first-order valence-corrected chi connectivity index (χ1v) is 13.0. The number of imidazole rings is 1. The summed E-state index contributed by atoms with van der Waals surface area (Å²) in [7, 11) is -4.37. The highest BCUT2D eigenvalue weighted by atomic mass is 32.2. The molecule has 3 aromatic carbocycles. The highest BCUT2D eigenvalue weighted by Gasteiger charge is 2.33. The highest BCUT2D eigenvalue weighted by molar-refractivity contribution is 7.92. The summed E-state index contributed by atoms with van der Waals surface area (Å²) in [6, 6.07) is 17.1. The number of carbonyl (C=O) groups excluding carboxylic acids is 1. The fourth-order valence-corrected chi connectivity index (χ4v) is 5.31. The van der Waals surface area contributed by atoms with Crippen molar-refractivity contribution in [1.82, 2.24) is 14.9 Å². The van der Waals surface area contributed by atoms with Crippen molar-refractivity contribution in [1.29, 1.82) is 0 Å². The summed E-state index contributed by atoms with van der Waals surface area (Å²) >= 11 is 0. The second-order valence-corrected chi connectivity index (χ2v) is 10.5. The molecule has 0 radical (unpaired) electrons. The van der Waals surface area contributed by atoms with Gasteiger partial charge in [-0.2, -0.15) is 13.2 Å². The largest absolute Gasteiger partial charge is 0.416 e. The van der Waals surface area contributed by atoms with Crippen molar-refractivity contribution in [2.24, 2.45) is 0 Å². The minimum Gasteiger partial charge on any atom is -0.350 e. The third-order valence-electron chi connectivity index (χ3n) is 5.91. The van der Waals surface area contributed by atoms with Gasteiger partial charge in [-0.05, 0) is 55.8 Å². The van der Waals surface area contributed by atoms with Crippen molar-refractivity contribution >= 4 is 21.6 Å². The summed E-state index contributed by atoms with van der Waals surface area (Å²) in [5.41, 5.74) is 1.03. The minimum atomic E-state index is -4.69. The van der Waals surface area contributed by atoms with Crippen LogP contribution in [0.1, 0.15) is 22.5 Å². The van der Waals surface area contributed by atoms with Gasteiger partial charge >= 0.3 is 6.18 Å². The smallest absolute Gasteiger partial charge is 0.350 e. The number of benzene rings is 3. The predicted molar refractivity (Wildman–Crippen MR) is 137 cm³/mol. The van der Waals surface area contributed by atoms with E-state index in [2.05, 4.69) is 10.3 Å². The van der Waals surface area contributed by atoms with Gasteiger partial charge in [0.1, 0.15) is 12.4 Å². The number of amides is 1. The standard InChI is InChI=1S/C27H25F3N4O3S/c1-19-10-12-24(13-11-19)38(36,37)34(23-8-5-7-22(16-23)27(28,29)30)18-26(35)32-17-21-6-3-4-9-25(21)33-15-14-31-20(33)2/h3-16H,17-18H2,1-2H3,(H,32,35). The number of para-hydroxylation sites is 1. The van der Waals surface area contributed by atoms with E-state index in [4.69, 9.17) is 0 Å². The molecule has 1 N–H and O–H groups in total. The Morgan fingerprint density at radius 2 is 1.71 bits per heavy atom. The van der Waals surface area contributed by atoms with Crippen LogP contribution < -0.4 is 9.62 Å². The number of halogens is 3. The van der Waals surface area contributed by atoms with E-state index in [1.807, 2.05) is 29.7 Å². The second-order valence-electron chi connectivity index (χ2n) is 8.62. The molecule has 0 aliphatic carbocycles. The molecule has 1 heterocycles. The first-order chi connectivity index (χ1) is 18.0. The number of anilines is 1. The summed E-state index contributed by atoms with van der Waals surface area (Å²) in [6.07, 6.45) is -1.26. The Bertz CT molecular complexity index is 1550. The van der Waals surface area contributed by atoms with Gasteiger partial charge in [0.05, 0.1) is 21.8 Å². The van der Waals surface area contributed by atoms with E-state index in [0.717, 1.165) is 40.8 Å². The van der Waals surface area contributed by atoms with Crippen LogP contribution in [-0.2, 0) is 27.5 Å². The molecule has 0 saturated carbocycles. The number of carbonyl (C=O) groups is 1. The highest BCUT2D eigenvalue weighted by Crippen LogP contribution is 2.33. The Labute approximate surface area is 218 Å². The van der Waals surface area contributed by atoms with Crippen molar-refractivity contribution < 1.29 is 26.4 Å². The number of rotatable bonds is 8. The van der Waals surface area contributed by atoms with E-state index in [9.17, 15) is 26.4 Å². The molecule has 0 aliphatic heterocycles. The van der Waals surface area contributed by atoms with Crippen LogP contribution >= 0.6 is 0 Å². The van der Waals surface area contributed by atoms with Crippen LogP contribution in [0.2, 0.25) is 0 Å². The molecular weight excluding hydrogens is 517 g/mol. The summed E-state index contributed by atoms with van der Waals surface area (Å²) in [6.45, 7) is 2.95. The number of aryl methyl sites for hydroxylation is 2. The number of nitrogens with zero attached hydrogens (tertiary/aromatic N) is 3. The summed E-state index contributed by atoms with van der Waals surface area (Å²) in [4.78, 5) is 17.1. The first-order valence-electron chi connectivity index (χ1n) is 11.6. The van der Waals surface area contributed by atoms with E-state index < -0.39 is 34.2 Å². The topological polar surface area (TPSA) is 84.3 Å². The van der Waals surface area contributed by atoms with Crippen LogP contribution in [0.3, 0.4) is 0 Å². The molecule has 0 saturated heterocycles. The Morgan fingerprint density at radius 3 is 2.37 bits per heavy atom. The number of hydrogen-bond acceptors (Lipinski definition) is 4. The molecule has 0 aliphatic rings. The van der Waals surface area contributed by atoms with Crippen molar-refractivity contribution in [3.05, 3.63) is 108 Å². The van der Waals surface area contributed by atoms with Crippen molar-refractivity contribution in [2.75, 3.05) is 10.8 Å².